The molecule has 7 nitrogen and oxygen atoms in total. The Balaban J connectivity index is 1.49. The maximum Gasteiger partial charge on any atom is 0.280 e. The Morgan fingerprint density at radius 3 is 2.43 bits per heavy atom. The fourth-order valence-electron chi connectivity index (χ4n) is 4.15. The van der Waals surface area contributed by atoms with Gasteiger partial charge in [0.15, 0.2) is 5.65 Å². The van der Waals surface area contributed by atoms with E-state index in [0.29, 0.717) is 29.2 Å². The predicted octanol–water partition coefficient (Wildman–Crippen LogP) is 6.52. The number of carbonyl (C=O) groups excluding carboxylic acids is 1. The largest absolute Gasteiger partial charge is 0.319 e. The molecule has 5 rings (SSSR count). The van der Waals surface area contributed by atoms with Gasteiger partial charge in [-0.25, -0.2) is 18.3 Å². The summed E-state index contributed by atoms with van der Waals surface area (Å²) >= 11 is 3.43. The number of aromatic nitrogens is 5. The van der Waals surface area contributed by atoms with E-state index < -0.39 is 12.3 Å². The van der Waals surface area contributed by atoms with Crippen LogP contribution in [0, 0.1) is 20.8 Å². The highest BCUT2D eigenvalue weighted by Crippen LogP contribution is 2.28. The Morgan fingerprint density at radius 1 is 1.05 bits per heavy atom. The summed E-state index contributed by atoms with van der Waals surface area (Å²) in [6.45, 7) is 6.15. The second kappa shape index (κ2) is 9.85. The Bertz CT molecular complexity index is 1610. The minimum Gasteiger partial charge on any atom is -0.319 e. The first kappa shape index (κ1) is 24.8. The van der Waals surface area contributed by atoms with Gasteiger partial charge in [0.05, 0.1) is 35.5 Å². The topological polar surface area (TPSA) is 77.1 Å². The average Bonchev–Trinajstić information content (AvgIpc) is 3.41. The van der Waals surface area contributed by atoms with Crippen LogP contribution >= 0.6 is 15.9 Å². The van der Waals surface area contributed by atoms with Crippen LogP contribution in [0.5, 0.6) is 0 Å². The van der Waals surface area contributed by atoms with E-state index in [0.717, 1.165) is 25.8 Å². The number of hydrogen-bond acceptors (Lipinski definition) is 4. The van der Waals surface area contributed by atoms with Gasteiger partial charge in [-0.3, -0.25) is 9.48 Å². The predicted molar refractivity (Wildman–Crippen MR) is 141 cm³/mol. The molecule has 1 N–H and O–H groups in total. The molecular formula is C27H23BrF2N6O. The van der Waals surface area contributed by atoms with Crippen molar-refractivity contribution in [2.45, 2.75) is 33.7 Å². The first-order chi connectivity index (χ1) is 17.7. The average molecular weight is 565 g/mol. The summed E-state index contributed by atoms with van der Waals surface area (Å²) < 4.78 is 31.7. The van der Waals surface area contributed by atoms with Crippen molar-refractivity contribution in [3.8, 4) is 11.3 Å². The van der Waals surface area contributed by atoms with Crippen LogP contribution in [0.25, 0.3) is 16.9 Å². The monoisotopic (exact) mass is 564 g/mol. The fourth-order valence-corrected chi connectivity index (χ4v) is 4.41. The van der Waals surface area contributed by atoms with Gasteiger partial charge >= 0.3 is 0 Å². The molecule has 5 aromatic rings. The standard InChI is InChI=1S/C27H23BrF2N6O/c1-15-4-8-19(9-5-15)22-12-23(25(29)30)36-26(32-22)21(13-31-36)27(37)33-24-16(2)34-35(17(24)3)14-18-6-10-20(28)11-7-18/h4-13,25H,14H2,1-3H3,(H,33,37). The van der Waals surface area contributed by atoms with Gasteiger partial charge in [0.2, 0.25) is 0 Å². The number of carbonyl (C=O) groups is 1. The number of benzene rings is 2. The van der Waals surface area contributed by atoms with Crippen LogP contribution in [0.15, 0.2) is 65.3 Å². The first-order valence-corrected chi connectivity index (χ1v) is 12.3. The zero-order valence-corrected chi connectivity index (χ0v) is 21.9. The minimum atomic E-state index is -2.80. The van der Waals surface area contributed by atoms with Crippen molar-refractivity contribution in [3.05, 3.63) is 99.0 Å². The van der Waals surface area contributed by atoms with Gasteiger partial charge in [-0.2, -0.15) is 10.2 Å². The molecule has 0 unspecified atom stereocenters. The molecule has 37 heavy (non-hydrogen) atoms. The number of nitrogens with one attached hydrogen (secondary N) is 1. The number of amides is 1. The highest BCUT2D eigenvalue weighted by atomic mass is 79.9. The Morgan fingerprint density at radius 2 is 1.76 bits per heavy atom. The van der Waals surface area contributed by atoms with Gasteiger partial charge < -0.3 is 5.32 Å². The van der Waals surface area contributed by atoms with Crippen molar-refractivity contribution in [1.29, 1.82) is 0 Å². The number of aryl methyl sites for hydroxylation is 2. The van der Waals surface area contributed by atoms with Crippen LogP contribution in [0.3, 0.4) is 0 Å². The lowest BCUT2D eigenvalue weighted by molar-refractivity contribution is 0.102. The van der Waals surface area contributed by atoms with Crippen molar-refractivity contribution in [2.75, 3.05) is 5.32 Å². The van der Waals surface area contributed by atoms with Gasteiger partial charge in [0, 0.05) is 10.0 Å². The van der Waals surface area contributed by atoms with E-state index >= 15 is 0 Å². The molecule has 3 heterocycles. The zero-order valence-electron chi connectivity index (χ0n) is 20.3. The normalized spacial score (nSPS) is 11.4. The van der Waals surface area contributed by atoms with E-state index in [2.05, 4.69) is 36.4 Å². The summed E-state index contributed by atoms with van der Waals surface area (Å²) in [6.07, 6.45) is -1.54. The molecule has 0 saturated carbocycles. The lowest BCUT2D eigenvalue weighted by Crippen LogP contribution is -2.14. The van der Waals surface area contributed by atoms with Crippen molar-refractivity contribution < 1.29 is 13.6 Å². The van der Waals surface area contributed by atoms with Gasteiger partial charge in [-0.1, -0.05) is 57.9 Å². The molecule has 0 radical (unpaired) electrons. The third-order valence-electron chi connectivity index (χ3n) is 6.18. The summed E-state index contributed by atoms with van der Waals surface area (Å²) in [5, 5.41) is 11.5. The number of anilines is 1. The summed E-state index contributed by atoms with van der Waals surface area (Å²) in [5.74, 6) is -0.502. The third-order valence-corrected chi connectivity index (χ3v) is 6.71. The Labute approximate surface area is 220 Å². The fraction of sp³-hybridized carbons (Fsp3) is 0.185. The molecule has 1 amide bonds. The summed E-state index contributed by atoms with van der Waals surface area (Å²) in [7, 11) is 0. The van der Waals surface area contributed by atoms with Crippen LogP contribution in [0.4, 0.5) is 14.5 Å². The molecule has 0 aliphatic rings. The molecule has 3 aromatic heterocycles. The second-order valence-electron chi connectivity index (χ2n) is 8.81. The minimum absolute atomic E-state index is 0.0587. The highest BCUT2D eigenvalue weighted by molar-refractivity contribution is 9.10. The SMILES string of the molecule is Cc1ccc(-c2cc(C(F)F)n3ncc(C(=O)Nc4c(C)nn(Cc5ccc(Br)cc5)c4C)c3n2)cc1. The molecular weight excluding hydrogens is 542 g/mol. The lowest BCUT2D eigenvalue weighted by Gasteiger charge is -2.09. The van der Waals surface area contributed by atoms with Crippen molar-refractivity contribution >= 4 is 33.2 Å². The number of rotatable bonds is 6. The van der Waals surface area contributed by atoms with Crippen molar-refractivity contribution in [1.82, 2.24) is 24.4 Å². The number of fused-ring (bicyclic) bond motifs is 1. The third kappa shape index (κ3) is 4.89. The van der Waals surface area contributed by atoms with Crippen LogP contribution in [0.2, 0.25) is 0 Å². The Kier molecular flexibility index (Phi) is 6.59. The number of nitrogens with zero attached hydrogens (tertiary/aromatic N) is 5. The molecule has 188 valence electrons. The molecule has 0 aliphatic heterocycles. The summed E-state index contributed by atoms with van der Waals surface area (Å²) in [4.78, 5) is 17.9. The first-order valence-electron chi connectivity index (χ1n) is 11.5. The molecule has 2 aromatic carbocycles. The number of hydrogen-bond donors (Lipinski definition) is 1. The van der Waals surface area contributed by atoms with Crippen LogP contribution < -0.4 is 5.32 Å². The van der Waals surface area contributed by atoms with Gasteiger partial charge in [-0.05, 0) is 44.5 Å². The smallest absolute Gasteiger partial charge is 0.280 e. The highest BCUT2D eigenvalue weighted by Gasteiger charge is 2.23. The Hall–Kier alpha value is -3.92. The van der Waals surface area contributed by atoms with E-state index in [9.17, 15) is 13.6 Å². The van der Waals surface area contributed by atoms with E-state index in [-0.39, 0.29) is 16.9 Å². The van der Waals surface area contributed by atoms with Crippen molar-refractivity contribution in [3.63, 3.8) is 0 Å². The van der Waals surface area contributed by atoms with E-state index in [1.165, 1.54) is 12.3 Å². The molecule has 0 bridgehead atoms. The van der Waals surface area contributed by atoms with E-state index in [4.69, 9.17) is 0 Å². The van der Waals surface area contributed by atoms with E-state index in [1.54, 1.807) is 6.92 Å². The second-order valence-corrected chi connectivity index (χ2v) is 9.73. The lowest BCUT2D eigenvalue weighted by atomic mass is 10.1. The van der Waals surface area contributed by atoms with Crippen LogP contribution in [0.1, 0.15) is 45.0 Å². The molecule has 0 fully saturated rings. The number of alkyl halides is 2. The van der Waals surface area contributed by atoms with Crippen molar-refractivity contribution in [2.24, 2.45) is 0 Å². The van der Waals surface area contributed by atoms with Crippen LogP contribution in [-0.2, 0) is 6.54 Å². The molecule has 0 saturated heterocycles. The van der Waals surface area contributed by atoms with Gasteiger partial charge in [0.25, 0.3) is 12.3 Å². The van der Waals surface area contributed by atoms with Gasteiger partial charge in [0.1, 0.15) is 11.3 Å². The summed E-state index contributed by atoms with van der Waals surface area (Å²) in [5.41, 5.74) is 4.89. The van der Waals surface area contributed by atoms with Crippen LogP contribution in [-0.4, -0.2) is 30.3 Å². The number of halogens is 3. The quantitative estimate of drug-likeness (QED) is 0.255. The molecule has 0 aliphatic carbocycles. The zero-order chi connectivity index (χ0) is 26.3. The molecule has 0 atom stereocenters. The maximum atomic E-state index is 13.9. The van der Waals surface area contributed by atoms with E-state index in [1.807, 2.05) is 67.1 Å². The molecule has 10 heteroatoms. The van der Waals surface area contributed by atoms with Gasteiger partial charge in [-0.15, -0.1) is 0 Å². The molecule has 0 spiro atoms. The maximum absolute atomic E-state index is 13.9. The summed E-state index contributed by atoms with van der Waals surface area (Å²) in [6, 6.07) is 16.6.